The minimum absolute atomic E-state index is 0.137. The van der Waals surface area contributed by atoms with E-state index in [0.717, 1.165) is 16.8 Å². The molecule has 0 saturated carbocycles. The molecule has 2 rings (SSSR count). The molecule has 1 aliphatic rings. The highest BCUT2D eigenvalue weighted by Crippen LogP contribution is 2.16. The molecule has 3 amide bonds. The highest BCUT2D eigenvalue weighted by atomic mass is 16.2. The number of nitrogens with zero attached hydrogens (tertiary/aromatic N) is 1. The molecule has 96 valence electrons. The molecule has 1 heterocycles. The topological polar surface area (TPSA) is 61.4 Å². The predicted octanol–water partition coefficient (Wildman–Crippen LogP) is 1.27. The molecule has 1 aliphatic heterocycles. The summed E-state index contributed by atoms with van der Waals surface area (Å²) in [4.78, 5) is 24.4. The third-order valence-electron chi connectivity index (χ3n) is 2.98. The van der Waals surface area contributed by atoms with E-state index in [-0.39, 0.29) is 18.5 Å². The molecule has 0 aromatic heterocycles. The van der Waals surface area contributed by atoms with Crippen LogP contribution in [0.25, 0.3) is 0 Å². The fourth-order valence-electron chi connectivity index (χ4n) is 1.90. The van der Waals surface area contributed by atoms with Crippen LogP contribution in [-0.4, -0.2) is 36.5 Å². The summed E-state index contributed by atoms with van der Waals surface area (Å²) in [5.74, 6) is -0.203. The lowest BCUT2D eigenvalue weighted by molar-refractivity contribution is -0.125. The average Bonchev–Trinajstić information content (AvgIpc) is 2.76. The van der Waals surface area contributed by atoms with Crippen molar-refractivity contribution >= 4 is 17.6 Å². The Kier molecular flexibility index (Phi) is 3.50. The smallest absolute Gasteiger partial charge is 0.324 e. The number of hydrogen-bond acceptors (Lipinski definition) is 3. The Bertz CT molecular complexity index is 485. The van der Waals surface area contributed by atoms with Crippen LogP contribution in [0.4, 0.5) is 10.5 Å². The number of carbonyl (C=O) groups excluding carboxylic acids is 2. The van der Waals surface area contributed by atoms with Crippen LogP contribution in [0, 0.1) is 13.8 Å². The molecular formula is C13H17N3O2. The first-order valence-corrected chi connectivity index (χ1v) is 5.97. The minimum atomic E-state index is -0.303. The molecule has 18 heavy (non-hydrogen) atoms. The number of amides is 3. The largest absolute Gasteiger partial charge is 0.376 e. The highest BCUT2D eigenvalue weighted by Gasteiger charge is 2.25. The van der Waals surface area contributed by atoms with Gasteiger partial charge in [0.15, 0.2) is 0 Å². The normalized spacial score (nSPS) is 14.6. The Morgan fingerprint density at radius 1 is 1.44 bits per heavy atom. The van der Waals surface area contributed by atoms with Crippen molar-refractivity contribution in [3.63, 3.8) is 0 Å². The first-order valence-electron chi connectivity index (χ1n) is 5.97. The molecule has 1 fully saturated rings. The van der Waals surface area contributed by atoms with Gasteiger partial charge in [0, 0.05) is 18.8 Å². The van der Waals surface area contributed by atoms with Gasteiger partial charge in [0.05, 0.1) is 6.54 Å². The van der Waals surface area contributed by atoms with Crippen LogP contribution in [-0.2, 0) is 4.79 Å². The molecule has 1 aromatic carbocycles. The molecule has 0 radical (unpaired) electrons. The van der Waals surface area contributed by atoms with Crippen LogP contribution in [0.2, 0.25) is 0 Å². The number of nitrogens with one attached hydrogen (secondary N) is 2. The monoisotopic (exact) mass is 247 g/mol. The maximum Gasteiger partial charge on any atom is 0.324 e. The molecule has 5 nitrogen and oxygen atoms in total. The van der Waals surface area contributed by atoms with Gasteiger partial charge < -0.3 is 10.6 Å². The van der Waals surface area contributed by atoms with Gasteiger partial charge in [0.2, 0.25) is 5.91 Å². The van der Waals surface area contributed by atoms with Gasteiger partial charge in [0.1, 0.15) is 0 Å². The number of benzene rings is 1. The summed E-state index contributed by atoms with van der Waals surface area (Å²) in [6, 6.07) is 5.72. The zero-order chi connectivity index (χ0) is 13.1. The van der Waals surface area contributed by atoms with Gasteiger partial charge in [-0.15, -0.1) is 0 Å². The van der Waals surface area contributed by atoms with Crippen molar-refractivity contribution in [3.05, 3.63) is 29.3 Å². The molecule has 1 saturated heterocycles. The Hall–Kier alpha value is -2.04. The van der Waals surface area contributed by atoms with Crippen LogP contribution in [0.3, 0.4) is 0 Å². The third-order valence-corrected chi connectivity index (χ3v) is 2.98. The van der Waals surface area contributed by atoms with Crippen LogP contribution in [0.1, 0.15) is 11.1 Å². The van der Waals surface area contributed by atoms with E-state index in [2.05, 4.69) is 10.6 Å². The number of hydrogen-bond donors (Lipinski definition) is 2. The maximum absolute atomic E-state index is 11.8. The Labute approximate surface area is 106 Å². The second kappa shape index (κ2) is 5.08. The van der Waals surface area contributed by atoms with Crippen molar-refractivity contribution in [1.29, 1.82) is 0 Å². The van der Waals surface area contributed by atoms with E-state index in [0.29, 0.717) is 13.1 Å². The van der Waals surface area contributed by atoms with Crippen LogP contribution in [0.15, 0.2) is 18.2 Å². The van der Waals surface area contributed by atoms with Gasteiger partial charge in [-0.1, -0.05) is 12.1 Å². The summed E-state index contributed by atoms with van der Waals surface area (Å²) in [6.07, 6.45) is 0. The van der Waals surface area contributed by atoms with Crippen LogP contribution >= 0.6 is 0 Å². The van der Waals surface area contributed by atoms with E-state index in [9.17, 15) is 9.59 Å². The summed E-state index contributed by atoms with van der Waals surface area (Å²) in [6.45, 7) is 5.10. The summed E-state index contributed by atoms with van der Waals surface area (Å²) < 4.78 is 0. The van der Waals surface area contributed by atoms with E-state index in [4.69, 9.17) is 0 Å². The molecular weight excluding hydrogens is 230 g/mol. The summed E-state index contributed by atoms with van der Waals surface area (Å²) in [7, 11) is 0. The van der Waals surface area contributed by atoms with E-state index in [1.165, 1.54) is 4.90 Å². The fraction of sp³-hybridized carbons (Fsp3) is 0.385. The molecule has 0 aliphatic carbocycles. The highest BCUT2D eigenvalue weighted by molar-refractivity contribution is 5.97. The van der Waals surface area contributed by atoms with Gasteiger partial charge in [-0.05, 0) is 31.0 Å². The predicted molar refractivity (Wildman–Crippen MR) is 69.5 cm³/mol. The van der Waals surface area contributed by atoms with Gasteiger partial charge in [0.25, 0.3) is 0 Å². The van der Waals surface area contributed by atoms with Gasteiger partial charge in [-0.25, -0.2) is 4.79 Å². The fourth-order valence-corrected chi connectivity index (χ4v) is 1.90. The number of aryl methyl sites for hydroxylation is 2. The molecule has 0 spiro atoms. The maximum atomic E-state index is 11.8. The zero-order valence-electron chi connectivity index (χ0n) is 10.6. The number of rotatable bonds is 3. The van der Waals surface area contributed by atoms with E-state index >= 15 is 0 Å². The Morgan fingerprint density at radius 3 is 2.89 bits per heavy atom. The average molecular weight is 247 g/mol. The van der Waals surface area contributed by atoms with Gasteiger partial charge in [-0.3, -0.25) is 9.69 Å². The SMILES string of the molecule is Cc1ccc(C)c(NCC(=O)N2CCNC2=O)c1. The zero-order valence-corrected chi connectivity index (χ0v) is 10.6. The molecule has 0 unspecified atom stereocenters. The lowest BCUT2D eigenvalue weighted by Gasteiger charge is -2.14. The van der Waals surface area contributed by atoms with E-state index in [1.807, 2.05) is 32.0 Å². The van der Waals surface area contributed by atoms with Crippen molar-refractivity contribution in [2.24, 2.45) is 0 Å². The van der Waals surface area contributed by atoms with Crippen molar-refractivity contribution < 1.29 is 9.59 Å². The number of imide groups is 1. The second-order valence-electron chi connectivity index (χ2n) is 4.45. The van der Waals surface area contributed by atoms with Crippen LogP contribution < -0.4 is 10.6 Å². The molecule has 0 bridgehead atoms. The van der Waals surface area contributed by atoms with Crippen molar-refractivity contribution in [2.45, 2.75) is 13.8 Å². The molecule has 2 N–H and O–H groups in total. The standard InChI is InChI=1S/C13H17N3O2/c1-9-3-4-10(2)11(7-9)15-8-12(17)16-6-5-14-13(16)18/h3-4,7,15H,5-6,8H2,1-2H3,(H,14,18). The Morgan fingerprint density at radius 2 is 2.22 bits per heavy atom. The lowest BCUT2D eigenvalue weighted by Crippen LogP contribution is -2.38. The van der Waals surface area contributed by atoms with Crippen molar-refractivity contribution in [1.82, 2.24) is 10.2 Å². The minimum Gasteiger partial charge on any atom is -0.376 e. The van der Waals surface area contributed by atoms with Crippen LogP contribution in [0.5, 0.6) is 0 Å². The number of urea groups is 1. The molecule has 1 aromatic rings. The first kappa shape index (κ1) is 12.4. The van der Waals surface area contributed by atoms with Crippen molar-refractivity contribution in [3.8, 4) is 0 Å². The Balaban J connectivity index is 1.97. The summed E-state index contributed by atoms with van der Waals surface area (Å²) in [5, 5.41) is 5.69. The van der Waals surface area contributed by atoms with E-state index < -0.39 is 0 Å². The van der Waals surface area contributed by atoms with Gasteiger partial charge >= 0.3 is 6.03 Å². The molecule has 0 atom stereocenters. The second-order valence-corrected chi connectivity index (χ2v) is 4.45. The quantitative estimate of drug-likeness (QED) is 0.845. The molecule has 5 heteroatoms. The first-order chi connectivity index (χ1) is 8.58. The van der Waals surface area contributed by atoms with Gasteiger partial charge in [-0.2, -0.15) is 0 Å². The van der Waals surface area contributed by atoms with E-state index in [1.54, 1.807) is 0 Å². The lowest BCUT2D eigenvalue weighted by atomic mass is 10.1. The third kappa shape index (κ3) is 2.61. The number of carbonyl (C=O) groups is 2. The number of anilines is 1. The summed E-state index contributed by atoms with van der Waals surface area (Å²) >= 11 is 0. The summed E-state index contributed by atoms with van der Waals surface area (Å²) in [5.41, 5.74) is 3.15. The van der Waals surface area contributed by atoms with Crippen molar-refractivity contribution in [2.75, 3.05) is 25.0 Å².